The number of hydrogen-bond donors (Lipinski definition) is 3. The predicted octanol–water partition coefficient (Wildman–Crippen LogP) is 6.00. The monoisotopic (exact) mass is 920 g/mol. The number of likely N-dealkylation sites (tertiary alicyclic amines) is 2. The van der Waals surface area contributed by atoms with Crippen molar-refractivity contribution < 1.29 is 38.1 Å². The van der Waals surface area contributed by atoms with E-state index >= 15 is 0 Å². The fourth-order valence-electron chi connectivity index (χ4n) is 8.31. The molecule has 4 aromatic heterocycles. The third kappa shape index (κ3) is 9.95. The van der Waals surface area contributed by atoms with Crippen molar-refractivity contribution >= 4 is 46.3 Å². The van der Waals surface area contributed by atoms with Gasteiger partial charge < -0.3 is 39.3 Å². The lowest BCUT2D eigenvalue weighted by Gasteiger charge is -2.31. The molecule has 340 valence electrons. The van der Waals surface area contributed by atoms with Crippen LogP contribution in [-0.2, 0) is 49.0 Å². The molecule has 0 saturated carbocycles. The van der Waals surface area contributed by atoms with Crippen LogP contribution in [0.25, 0.3) is 20.9 Å². The van der Waals surface area contributed by atoms with Crippen molar-refractivity contribution in [1.29, 1.82) is 0 Å². The van der Waals surface area contributed by atoms with Crippen molar-refractivity contribution in [3.63, 3.8) is 0 Å². The molecule has 8 rings (SSSR count). The number of β-amino-alcohol motifs (C(OH)–C–C–N with tert-alkyl or cyclic N) is 1. The molecule has 5 atom stereocenters. The molecule has 16 nitrogen and oxygen atoms in total. The van der Waals surface area contributed by atoms with Crippen LogP contribution in [0.2, 0.25) is 0 Å². The van der Waals surface area contributed by atoms with Crippen molar-refractivity contribution in [1.82, 2.24) is 40.7 Å². The molecule has 6 heterocycles. The van der Waals surface area contributed by atoms with Crippen molar-refractivity contribution in [3.05, 3.63) is 117 Å². The molecule has 2 fully saturated rings. The van der Waals surface area contributed by atoms with Gasteiger partial charge in [0.1, 0.15) is 29.0 Å². The molecule has 0 bridgehead atoms. The van der Waals surface area contributed by atoms with E-state index in [1.165, 1.54) is 4.90 Å². The molecular formula is C47H52N8O8S2. The Labute approximate surface area is 384 Å². The summed E-state index contributed by atoms with van der Waals surface area (Å²) in [5.74, 6) is -1.53. The predicted molar refractivity (Wildman–Crippen MR) is 242 cm³/mol. The SMILES string of the molecule is Cc1cc(C(C)(C)C(=O)N2C[C@H](OCc3cc([C@H](C)C(=O)N4C[C@H](O)C[C@H]4C(=O)NCc4ccc(-c5scnc5C)cc4)on3)C[C@H]2C(=O)NCc2ccc(-c3scnc3C)cc2)on1. The van der Waals surface area contributed by atoms with E-state index in [0.29, 0.717) is 17.1 Å². The van der Waals surface area contributed by atoms with Crippen LogP contribution in [0.1, 0.15) is 85.0 Å². The summed E-state index contributed by atoms with van der Waals surface area (Å²) in [5.41, 5.74) is 9.37. The van der Waals surface area contributed by atoms with Gasteiger partial charge in [-0.2, -0.15) is 0 Å². The van der Waals surface area contributed by atoms with Gasteiger partial charge in [-0.25, -0.2) is 9.97 Å². The molecule has 0 radical (unpaired) electrons. The number of nitrogens with one attached hydrogen (secondary N) is 2. The smallest absolute Gasteiger partial charge is 0.243 e. The van der Waals surface area contributed by atoms with Gasteiger partial charge in [0.05, 0.1) is 62.6 Å². The number of aromatic nitrogens is 4. The molecule has 0 aliphatic carbocycles. The van der Waals surface area contributed by atoms with Crippen LogP contribution in [0, 0.1) is 20.8 Å². The highest BCUT2D eigenvalue weighted by Gasteiger charge is 2.47. The third-order valence-electron chi connectivity index (χ3n) is 12.2. The van der Waals surface area contributed by atoms with Crippen LogP contribution in [0.15, 0.2) is 80.7 Å². The number of aryl methyl sites for hydroxylation is 3. The highest BCUT2D eigenvalue weighted by Crippen LogP contribution is 2.33. The maximum Gasteiger partial charge on any atom is 0.243 e. The first-order chi connectivity index (χ1) is 31.2. The van der Waals surface area contributed by atoms with Crippen LogP contribution in [-0.4, -0.2) is 96.2 Å². The molecule has 2 saturated heterocycles. The van der Waals surface area contributed by atoms with Crippen LogP contribution in [0.4, 0.5) is 0 Å². The summed E-state index contributed by atoms with van der Waals surface area (Å²) in [6.07, 6.45) is -1.05. The quantitative estimate of drug-likeness (QED) is 0.109. The van der Waals surface area contributed by atoms with Crippen molar-refractivity contribution in [2.45, 2.75) is 110 Å². The Balaban J connectivity index is 0.882. The lowest BCUT2D eigenvalue weighted by molar-refractivity contribution is -0.143. The molecule has 2 aromatic carbocycles. The Hall–Kier alpha value is -6.08. The minimum Gasteiger partial charge on any atom is -0.391 e. The Morgan fingerprint density at radius 1 is 0.800 bits per heavy atom. The van der Waals surface area contributed by atoms with E-state index in [1.807, 2.05) is 73.4 Å². The fourth-order valence-corrected chi connectivity index (χ4v) is 9.94. The summed E-state index contributed by atoms with van der Waals surface area (Å²) in [4.78, 5) is 69.2. The Morgan fingerprint density at radius 2 is 1.37 bits per heavy atom. The number of thiazole rings is 2. The first-order valence-corrected chi connectivity index (χ1v) is 23.3. The Morgan fingerprint density at radius 3 is 1.89 bits per heavy atom. The van der Waals surface area contributed by atoms with E-state index in [4.69, 9.17) is 13.8 Å². The minimum absolute atomic E-state index is 0.00621. The molecule has 0 unspecified atom stereocenters. The van der Waals surface area contributed by atoms with Gasteiger partial charge in [-0.15, -0.1) is 22.7 Å². The van der Waals surface area contributed by atoms with Crippen LogP contribution >= 0.6 is 22.7 Å². The fraction of sp³-hybridized carbons (Fsp3) is 0.404. The molecule has 65 heavy (non-hydrogen) atoms. The lowest BCUT2D eigenvalue weighted by Crippen LogP contribution is -2.51. The van der Waals surface area contributed by atoms with Crippen LogP contribution in [0.3, 0.4) is 0 Å². The van der Waals surface area contributed by atoms with Gasteiger partial charge in [-0.1, -0.05) is 58.8 Å². The van der Waals surface area contributed by atoms with Crippen LogP contribution in [0.5, 0.6) is 0 Å². The number of nitrogens with zero attached hydrogens (tertiary/aromatic N) is 6. The first-order valence-electron chi connectivity index (χ1n) is 21.5. The van der Waals surface area contributed by atoms with E-state index in [-0.39, 0.29) is 75.0 Å². The molecule has 2 aliphatic heterocycles. The second kappa shape index (κ2) is 19.2. The highest BCUT2D eigenvalue weighted by molar-refractivity contribution is 7.13. The summed E-state index contributed by atoms with van der Waals surface area (Å²) in [6, 6.07) is 17.5. The zero-order chi connectivity index (χ0) is 46.0. The van der Waals surface area contributed by atoms with Gasteiger partial charge in [0.15, 0.2) is 5.76 Å². The summed E-state index contributed by atoms with van der Waals surface area (Å²) < 4.78 is 17.4. The van der Waals surface area contributed by atoms with Crippen molar-refractivity contribution in [2.75, 3.05) is 13.1 Å². The maximum absolute atomic E-state index is 14.3. The first kappa shape index (κ1) is 45.5. The number of rotatable bonds is 15. The largest absolute Gasteiger partial charge is 0.391 e. The number of carbonyl (C=O) groups is 4. The van der Waals surface area contributed by atoms with Crippen LogP contribution < -0.4 is 10.6 Å². The van der Waals surface area contributed by atoms with Gasteiger partial charge in [0.2, 0.25) is 23.6 Å². The van der Waals surface area contributed by atoms with Gasteiger partial charge in [-0.05, 0) is 63.8 Å². The Bertz CT molecular complexity index is 2650. The third-order valence-corrected chi connectivity index (χ3v) is 14.1. The second-order valence-electron chi connectivity index (χ2n) is 17.3. The topological polar surface area (TPSA) is 206 Å². The van der Waals surface area contributed by atoms with Gasteiger partial charge >= 0.3 is 0 Å². The summed E-state index contributed by atoms with van der Waals surface area (Å²) in [6.45, 7) is 11.5. The number of amides is 4. The average molecular weight is 921 g/mol. The van der Waals surface area contributed by atoms with Crippen molar-refractivity contribution in [3.8, 4) is 20.9 Å². The highest BCUT2D eigenvalue weighted by atomic mass is 32.1. The van der Waals surface area contributed by atoms with E-state index in [2.05, 4.69) is 30.9 Å². The normalized spacial score (nSPS) is 19.1. The van der Waals surface area contributed by atoms with Gasteiger partial charge in [0, 0.05) is 51.2 Å². The Kier molecular flexibility index (Phi) is 13.4. The number of ether oxygens (including phenoxy) is 1. The lowest BCUT2D eigenvalue weighted by atomic mass is 9.88. The molecule has 4 amide bonds. The summed E-state index contributed by atoms with van der Waals surface area (Å²) >= 11 is 3.15. The second-order valence-corrected chi connectivity index (χ2v) is 19.0. The average Bonchev–Trinajstić information content (AvgIpc) is 4.17. The zero-order valence-electron chi connectivity index (χ0n) is 37.1. The van der Waals surface area contributed by atoms with Crippen molar-refractivity contribution in [2.24, 2.45) is 0 Å². The number of hydrogen-bond acceptors (Lipinski definition) is 14. The standard InChI is InChI=1S/C47H52N8O8S2/c1-26-15-40(63-52-26)47(5,6)46(60)55-22-36(18-38(55)44(58)49-20-31-9-13-33(14-10-31)42-29(4)51-25-65-42)61-23-34-16-39(62-53-34)27(2)45(59)54-21-35(56)17-37(54)43(57)48-19-30-7-11-32(12-8-30)41-28(3)50-24-64-41/h7-16,24-25,27,35-38,56H,17-23H2,1-6H3,(H,48,57)(H,49,58)/t27-,35+,36+,37-,38-/m0/s1. The molecule has 18 heteroatoms. The molecule has 3 N–H and O–H groups in total. The maximum atomic E-state index is 14.3. The molecule has 2 aliphatic rings. The summed E-state index contributed by atoms with van der Waals surface area (Å²) in [7, 11) is 0. The van der Waals surface area contributed by atoms with E-state index in [9.17, 15) is 24.3 Å². The zero-order valence-corrected chi connectivity index (χ0v) is 38.7. The number of aliphatic hydroxyl groups is 1. The summed E-state index contributed by atoms with van der Waals surface area (Å²) in [5, 5.41) is 24.7. The molecular weight excluding hydrogens is 869 g/mol. The van der Waals surface area contributed by atoms with Gasteiger partial charge in [0.25, 0.3) is 0 Å². The van der Waals surface area contributed by atoms with E-state index in [1.54, 1.807) is 67.4 Å². The number of aliphatic hydroxyl groups excluding tert-OH is 1. The molecule has 6 aromatic rings. The number of carbonyl (C=O) groups excluding carboxylic acids is 4. The molecule has 0 spiro atoms. The van der Waals surface area contributed by atoms with E-state index < -0.39 is 35.6 Å². The van der Waals surface area contributed by atoms with Gasteiger partial charge in [-0.3, -0.25) is 19.2 Å². The number of benzene rings is 2. The van der Waals surface area contributed by atoms with E-state index in [0.717, 1.165) is 43.4 Å². The minimum atomic E-state index is -1.12.